The Kier molecular flexibility index (Phi) is 5.57. The van der Waals surface area contributed by atoms with Crippen LogP contribution in [0.5, 0.6) is 0 Å². The summed E-state index contributed by atoms with van der Waals surface area (Å²) >= 11 is 0. The minimum atomic E-state index is -1.14. The number of nitrogens with zero attached hydrogens (tertiary/aromatic N) is 1. The Hall–Kier alpha value is -2.31. The van der Waals surface area contributed by atoms with Crippen LogP contribution in [0.4, 0.5) is 0 Å². The highest BCUT2D eigenvalue weighted by Gasteiger charge is 2.17. The Morgan fingerprint density at radius 3 is 2.82 bits per heavy atom. The minimum absolute atomic E-state index is 0.113. The fourth-order valence-electron chi connectivity index (χ4n) is 2.37. The van der Waals surface area contributed by atoms with E-state index in [-0.39, 0.29) is 30.5 Å². The molecule has 0 aromatic carbocycles. The van der Waals surface area contributed by atoms with E-state index in [1.165, 1.54) is 12.1 Å². The molecule has 1 aromatic heterocycles. The Balaban J connectivity index is 1.73. The molecule has 1 aromatic rings. The van der Waals surface area contributed by atoms with Gasteiger partial charge in [-0.3, -0.25) is 9.59 Å². The zero-order valence-corrected chi connectivity index (χ0v) is 12.3. The number of aromatic carboxylic acids is 1. The molecular formula is C15H20N2O5. The van der Waals surface area contributed by atoms with Crippen molar-refractivity contribution in [1.29, 1.82) is 0 Å². The van der Waals surface area contributed by atoms with Crippen molar-refractivity contribution >= 4 is 17.8 Å². The fourth-order valence-corrected chi connectivity index (χ4v) is 2.37. The van der Waals surface area contributed by atoms with Gasteiger partial charge < -0.3 is 19.7 Å². The first-order valence-corrected chi connectivity index (χ1v) is 7.43. The molecule has 7 heteroatoms. The fraction of sp³-hybridized carbons (Fsp3) is 0.533. The summed E-state index contributed by atoms with van der Waals surface area (Å²) in [6.45, 7) is 1.27. The number of rotatable bonds is 6. The third-order valence-corrected chi connectivity index (χ3v) is 3.61. The molecule has 2 amide bonds. The second-order valence-corrected chi connectivity index (χ2v) is 5.29. The van der Waals surface area contributed by atoms with Crippen LogP contribution in [0.2, 0.25) is 0 Å². The van der Waals surface area contributed by atoms with E-state index in [4.69, 9.17) is 9.52 Å². The lowest BCUT2D eigenvalue weighted by Gasteiger charge is -2.19. The van der Waals surface area contributed by atoms with Gasteiger partial charge in [0.1, 0.15) is 5.76 Å². The standard InChI is InChI=1S/C15H20N2O5/c18-13(7-9-17-8-3-1-2-4-14(17)19)16-10-11-5-6-12(22-11)15(20)21/h5-6H,1-4,7-10H2,(H,16,18)(H,20,21). The Morgan fingerprint density at radius 2 is 2.09 bits per heavy atom. The molecule has 2 N–H and O–H groups in total. The van der Waals surface area contributed by atoms with Crippen LogP contribution in [0.3, 0.4) is 0 Å². The maximum absolute atomic E-state index is 11.8. The molecule has 1 aliphatic rings. The van der Waals surface area contributed by atoms with Gasteiger partial charge in [0.15, 0.2) is 0 Å². The molecule has 2 rings (SSSR count). The maximum Gasteiger partial charge on any atom is 0.371 e. The zero-order valence-electron chi connectivity index (χ0n) is 12.3. The molecule has 2 heterocycles. The molecule has 120 valence electrons. The second-order valence-electron chi connectivity index (χ2n) is 5.29. The first-order chi connectivity index (χ1) is 10.6. The molecule has 7 nitrogen and oxygen atoms in total. The number of likely N-dealkylation sites (tertiary alicyclic amines) is 1. The van der Waals surface area contributed by atoms with Gasteiger partial charge in [-0.15, -0.1) is 0 Å². The Labute approximate surface area is 128 Å². The van der Waals surface area contributed by atoms with Gasteiger partial charge in [-0.25, -0.2) is 4.79 Å². The van der Waals surface area contributed by atoms with Crippen molar-refractivity contribution in [3.8, 4) is 0 Å². The number of carbonyl (C=O) groups is 3. The molecule has 1 fully saturated rings. The summed E-state index contributed by atoms with van der Waals surface area (Å²) in [5, 5.41) is 11.4. The monoisotopic (exact) mass is 308 g/mol. The first kappa shape index (κ1) is 16.1. The summed E-state index contributed by atoms with van der Waals surface area (Å²) in [5.74, 6) is -0.985. The van der Waals surface area contributed by atoms with Crippen molar-refractivity contribution < 1.29 is 23.9 Å². The molecule has 0 aliphatic carbocycles. The van der Waals surface area contributed by atoms with Gasteiger partial charge in [-0.05, 0) is 25.0 Å². The summed E-state index contributed by atoms with van der Waals surface area (Å²) in [4.78, 5) is 36.0. The third-order valence-electron chi connectivity index (χ3n) is 3.61. The highest BCUT2D eigenvalue weighted by Crippen LogP contribution is 2.11. The summed E-state index contributed by atoms with van der Waals surface area (Å²) in [7, 11) is 0. The van der Waals surface area contributed by atoms with Gasteiger partial charge >= 0.3 is 5.97 Å². The number of carbonyl (C=O) groups excluding carboxylic acids is 2. The maximum atomic E-state index is 11.8. The molecule has 0 atom stereocenters. The quantitative estimate of drug-likeness (QED) is 0.827. The summed E-state index contributed by atoms with van der Waals surface area (Å²) in [6, 6.07) is 2.86. The number of hydrogen-bond donors (Lipinski definition) is 2. The van der Waals surface area contributed by atoms with E-state index in [1.54, 1.807) is 4.90 Å². The molecule has 0 radical (unpaired) electrons. The SMILES string of the molecule is O=C(CCN1CCCCCC1=O)NCc1ccc(C(=O)O)o1. The predicted molar refractivity (Wildman–Crippen MR) is 77.2 cm³/mol. The van der Waals surface area contributed by atoms with Crippen molar-refractivity contribution in [2.45, 2.75) is 38.6 Å². The largest absolute Gasteiger partial charge is 0.475 e. The average molecular weight is 308 g/mol. The third kappa shape index (κ3) is 4.61. The van der Waals surface area contributed by atoms with E-state index < -0.39 is 5.97 Å². The lowest BCUT2D eigenvalue weighted by atomic mass is 10.2. The van der Waals surface area contributed by atoms with Gasteiger partial charge in [0.05, 0.1) is 6.54 Å². The van der Waals surface area contributed by atoms with Crippen LogP contribution in [-0.2, 0) is 16.1 Å². The van der Waals surface area contributed by atoms with Crippen molar-refractivity contribution in [2.24, 2.45) is 0 Å². The van der Waals surface area contributed by atoms with E-state index in [1.807, 2.05) is 0 Å². The molecule has 0 saturated carbocycles. The Bertz CT molecular complexity index is 552. The molecule has 1 aliphatic heterocycles. The van der Waals surface area contributed by atoms with Crippen LogP contribution in [0.1, 0.15) is 48.4 Å². The summed E-state index contributed by atoms with van der Waals surface area (Å²) in [6.07, 6.45) is 3.76. The van der Waals surface area contributed by atoms with Gasteiger partial charge in [0.25, 0.3) is 0 Å². The molecular weight excluding hydrogens is 288 g/mol. The molecule has 0 spiro atoms. The van der Waals surface area contributed by atoms with Crippen LogP contribution in [0.15, 0.2) is 16.5 Å². The smallest absolute Gasteiger partial charge is 0.371 e. The molecule has 22 heavy (non-hydrogen) atoms. The van der Waals surface area contributed by atoms with Gasteiger partial charge in [0, 0.05) is 25.9 Å². The zero-order chi connectivity index (χ0) is 15.9. The molecule has 1 saturated heterocycles. The van der Waals surface area contributed by atoms with E-state index in [0.717, 1.165) is 19.3 Å². The van der Waals surface area contributed by atoms with E-state index in [9.17, 15) is 14.4 Å². The van der Waals surface area contributed by atoms with Gasteiger partial charge in [-0.2, -0.15) is 0 Å². The normalized spacial score (nSPS) is 15.5. The summed E-state index contributed by atoms with van der Waals surface area (Å²) in [5.41, 5.74) is 0. The molecule has 0 bridgehead atoms. The first-order valence-electron chi connectivity index (χ1n) is 7.43. The average Bonchev–Trinajstić information content (AvgIpc) is 2.87. The van der Waals surface area contributed by atoms with E-state index in [0.29, 0.717) is 25.3 Å². The van der Waals surface area contributed by atoms with Crippen molar-refractivity contribution in [1.82, 2.24) is 10.2 Å². The number of carboxylic acid groups (broad SMARTS) is 1. The van der Waals surface area contributed by atoms with Crippen molar-refractivity contribution in [3.63, 3.8) is 0 Å². The molecule has 0 unspecified atom stereocenters. The number of carboxylic acids is 1. The van der Waals surface area contributed by atoms with Crippen LogP contribution in [0.25, 0.3) is 0 Å². The highest BCUT2D eigenvalue weighted by molar-refractivity contribution is 5.84. The van der Waals surface area contributed by atoms with Gasteiger partial charge in [0.2, 0.25) is 17.6 Å². The van der Waals surface area contributed by atoms with Crippen LogP contribution in [-0.4, -0.2) is 40.9 Å². The van der Waals surface area contributed by atoms with Gasteiger partial charge in [-0.1, -0.05) is 6.42 Å². The second kappa shape index (κ2) is 7.63. The van der Waals surface area contributed by atoms with Crippen molar-refractivity contribution in [3.05, 3.63) is 23.7 Å². The lowest BCUT2D eigenvalue weighted by Crippen LogP contribution is -2.34. The topological polar surface area (TPSA) is 99.9 Å². The lowest BCUT2D eigenvalue weighted by molar-refractivity contribution is -0.131. The highest BCUT2D eigenvalue weighted by atomic mass is 16.4. The van der Waals surface area contributed by atoms with E-state index >= 15 is 0 Å². The van der Waals surface area contributed by atoms with Crippen LogP contribution in [0, 0.1) is 0 Å². The van der Waals surface area contributed by atoms with Crippen LogP contribution < -0.4 is 5.32 Å². The minimum Gasteiger partial charge on any atom is -0.475 e. The predicted octanol–water partition coefficient (Wildman–Crippen LogP) is 1.39. The van der Waals surface area contributed by atoms with Crippen LogP contribution >= 0.6 is 0 Å². The Morgan fingerprint density at radius 1 is 1.27 bits per heavy atom. The number of amides is 2. The van der Waals surface area contributed by atoms with E-state index in [2.05, 4.69) is 5.32 Å². The summed E-state index contributed by atoms with van der Waals surface area (Å²) < 4.78 is 5.04. The number of hydrogen-bond acceptors (Lipinski definition) is 4. The number of furan rings is 1. The van der Waals surface area contributed by atoms with Crippen molar-refractivity contribution in [2.75, 3.05) is 13.1 Å². The number of nitrogens with one attached hydrogen (secondary N) is 1.